The van der Waals surface area contributed by atoms with Crippen molar-refractivity contribution in [3.05, 3.63) is 52.4 Å². The summed E-state index contributed by atoms with van der Waals surface area (Å²) in [6.07, 6.45) is -1.64. The van der Waals surface area contributed by atoms with E-state index >= 15 is 4.39 Å². The average molecular weight is 510 g/mol. The van der Waals surface area contributed by atoms with Crippen molar-refractivity contribution in [2.24, 2.45) is 0 Å². The number of nitrogens with one attached hydrogen (secondary N) is 3. The SMILES string of the molecule is CC(C)NC(C)(C)c1ccc(Nc2nn([C@@]3(CC#N)CCN(C(=O)O)C[C@H]3F)c3cc[nH]c(=O)c23)cc1. The van der Waals surface area contributed by atoms with E-state index in [0.717, 1.165) is 10.5 Å². The van der Waals surface area contributed by atoms with Gasteiger partial charge in [-0.3, -0.25) is 9.48 Å². The highest BCUT2D eigenvalue weighted by Crippen LogP contribution is 2.39. The van der Waals surface area contributed by atoms with Crippen LogP contribution in [0.2, 0.25) is 0 Å². The lowest BCUT2D eigenvalue weighted by Gasteiger charge is -2.42. The number of hydrogen-bond donors (Lipinski definition) is 4. The van der Waals surface area contributed by atoms with Gasteiger partial charge in [0, 0.05) is 30.0 Å². The van der Waals surface area contributed by atoms with E-state index in [1.165, 1.54) is 10.9 Å². The fourth-order valence-corrected chi connectivity index (χ4v) is 5.18. The number of fused-ring (bicyclic) bond motifs is 1. The van der Waals surface area contributed by atoms with Crippen LogP contribution in [0.4, 0.5) is 20.7 Å². The van der Waals surface area contributed by atoms with Gasteiger partial charge in [-0.2, -0.15) is 10.4 Å². The molecule has 3 heterocycles. The molecular formula is C26H32FN7O3. The lowest BCUT2D eigenvalue weighted by Crippen LogP contribution is -2.56. The summed E-state index contributed by atoms with van der Waals surface area (Å²) in [6.45, 7) is 8.04. The predicted octanol–water partition coefficient (Wildman–Crippen LogP) is 4.03. The number of aromatic amines is 1. The number of pyridine rings is 1. The van der Waals surface area contributed by atoms with E-state index < -0.39 is 23.4 Å². The van der Waals surface area contributed by atoms with E-state index in [0.29, 0.717) is 17.2 Å². The molecule has 1 aliphatic heterocycles. The summed E-state index contributed by atoms with van der Waals surface area (Å²) < 4.78 is 17.1. The second-order valence-electron chi connectivity index (χ2n) is 10.3. The first-order valence-electron chi connectivity index (χ1n) is 12.2. The van der Waals surface area contributed by atoms with Crippen molar-refractivity contribution in [3.63, 3.8) is 0 Å². The van der Waals surface area contributed by atoms with Gasteiger partial charge in [-0.1, -0.05) is 26.0 Å². The third kappa shape index (κ3) is 4.89. The highest BCUT2D eigenvalue weighted by molar-refractivity contribution is 5.91. The number of anilines is 2. The molecule has 2 atom stereocenters. The maximum absolute atomic E-state index is 15.7. The van der Waals surface area contributed by atoms with Crippen molar-refractivity contribution in [1.29, 1.82) is 5.26 Å². The minimum atomic E-state index is -1.69. The Bertz CT molecular complexity index is 1390. The molecule has 37 heavy (non-hydrogen) atoms. The summed E-state index contributed by atoms with van der Waals surface area (Å²) in [4.78, 5) is 27.9. The number of carboxylic acid groups (broad SMARTS) is 1. The minimum Gasteiger partial charge on any atom is -0.465 e. The Hall–Kier alpha value is -3.91. The fraction of sp³-hybridized carbons (Fsp3) is 0.462. The van der Waals surface area contributed by atoms with Crippen molar-refractivity contribution in [2.75, 3.05) is 18.4 Å². The van der Waals surface area contributed by atoms with Crippen molar-refractivity contribution >= 4 is 28.5 Å². The number of benzene rings is 1. The predicted molar refractivity (Wildman–Crippen MR) is 139 cm³/mol. The number of halogens is 1. The molecule has 11 heteroatoms. The summed E-state index contributed by atoms with van der Waals surface area (Å²) in [6, 6.07) is 11.7. The molecule has 1 aromatic carbocycles. The molecular weight excluding hydrogens is 477 g/mol. The van der Waals surface area contributed by atoms with Gasteiger partial charge in [-0.05, 0) is 44.0 Å². The third-order valence-corrected chi connectivity index (χ3v) is 6.98. The molecule has 1 amide bonds. The van der Waals surface area contributed by atoms with E-state index in [1.807, 2.05) is 30.3 Å². The number of rotatable bonds is 7. The second kappa shape index (κ2) is 9.86. The lowest BCUT2D eigenvalue weighted by molar-refractivity contribution is 0.0170. The lowest BCUT2D eigenvalue weighted by atomic mass is 9.83. The maximum Gasteiger partial charge on any atom is 0.407 e. The highest BCUT2D eigenvalue weighted by atomic mass is 19.1. The molecule has 0 radical (unpaired) electrons. The number of nitriles is 1. The maximum atomic E-state index is 15.7. The van der Waals surface area contributed by atoms with Gasteiger partial charge in [-0.25, -0.2) is 9.18 Å². The Kier molecular flexibility index (Phi) is 6.97. The Morgan fingerprint density at radius 2 is 2.05 bits per heavy atom. The van der Waals surface area contributed by atoms with Crippen molar-refractivity contribution < 1.29 is 14.3 Å². The first-order valence-corrected chi connectivity index (χ1v) is 12.2. The quantitative estimate of drug-likeness (QED) is 0.377. The molecule has 0 bridgehead atoms. The molecule has 196 valence electrons. The zero-order valence-corrected chi connectivity index (χ0v) is 21.4. The number of carbonyl (C=O) groups is 1. The zero-order chi connectivity index (χ0) is 27.0. The number of alkyl halides is 1. The molecule has 2 aromatic heterocycles. The molecule has 4 N–H and O–H groups in total. The Morgan fingerprint density at radius 3 is 2.65 bits per heavy atom. The summed E-state index contributed by atoms with van der Waals surface area (Å²) in [7, 11) is 0. The van der Waals surface area contributed by atoms with Crippen LogP contribution in [-0.4, -0.2) is 56.2 Å². The third-order valence-electron chi connectivity index (χ3n) is 6.98. The number of hydrogen-bond acceptors (Lipinski definition) is 6. The minimum absolute atomic E-state index is 0.0453. The van der Waals surface area contributed by atoms with Crippen molar-refractivity contribution in [2.45, 2.75) is 63.8 Å². The van der Waals surface area contributed by atoms with Gasteiger partial charge in [0.1, 0.15) is 17.1 Å². The molecule has 4 rings (SSSR count). The van der Waals surface area contributed by atoms with Gasteiger partial charge in [0.2, 0.25) is 0 Å². The number of nitrogens with zero attached hydrogens (tertiary/aromatic N) is 4. The van der Waals surface area contributed by atoms with Crippen molar-refractivity contribution in [3.8, 4) is 6.07 Å². The smallest absolute Gasteiger partial charge is 0.407 e. The van der Waals surface area contributed by atoms with Crippen LogP contribution in [0.1, 0.15) is 46.1 Å². The molecule has 3 aromatic rings. The van der Waals surface area contributed by atoms with Crippen LogP contribution in [0.5, 0.6) is 0 Å². The topological polar surface area (TPSA) is 139 Å². The van der Waals surface area contributed by atoms with Gasteiger partial charge in [0.05, 0.1) is 24.6 Å². The Balaban J connectivity index is 1.75. The number of piperidine rings is 1. The van der Waals surface area contributed by atoms with Crippen LogP contribution in [0.3, 0.4) is 0 Å². The molecule has 10 nitrogen and oxygen atoms in total. The first kappa shape index (κ1) is 26.2. The average Bonchev–Trinajstić information content (AvgIpc) is 3.20. The van der Waals surface area contributed by atoms with Gasteiger partial charge >= 0.3 is 6.09 Å². The van der Waals surface area contributed by atoms with Crippen LogP contribution in [0, 0.1) is 11.3 Å². The monoisotopic (exact) mass is 509 g/mol. The fourth-order valence-electron chi connectivity index (χ4n) is 5.18. The van der Waals surface area contributed by atoms with Crippen LogP contribution in [0.25, 0.3) is 10.9 Å². The molecule has 0 unspecified atom stereocenters. The van der Waals surface area contributed by atoms with E-state index in [-0.39, 0.29) is 42.7 Å². The van der Waals surface area contributed by atoms with Crippen LogP contribution < -0.4 is 16.2 Å². The van der Waals surface area contributed by atoms with Gasteiger partial charge in [-0.15, -0.1) is 0 Å². The first-order chi connectivity index (χ1) is 17.5. The van der Waals surface area contributed by atoms with Crippen LogP contribution >= 0.6 is 0 Å². The van der Waals surface area contributed by atoms with Gasteiger partial charge in [0.25, 0.3) is 5.56 Å². The second-order valence-corrected chi connectivity index (χ2v) is 10.3. The number of H-pyrrole nitrogens is 1. The molecule has 0 saturated carbocycles. The zero-order valence-electron chi connectivity index (χ0n) is 21.4. The number of amides is 1. The summed E-state index contributed by atoms with van der Waals surface area (Å²) in [5, 5.41) is 30.5. The van der Waals surface area contributed by atoms with Crippen LogP contribution in [0.15, 0.2) is 41.3 Å². The molecule has 1 fully saturated rings. The number of likely N-dealkylation sites (tertiary alicyclic amines) is 1. The van der Waals surface area contributed by atoms with E-state index in [4.69, 9.17) is 0 Å². The van der Waals surface area contributed by atoms with E-state index in [1.54, 1.807) is 6.07 Å². The number of aromatic nitrogens is 3. The summed E-state index contributed by atoms with van der Waals surface area (Å²) in [5.41, 5.74) is 0.0674. The molecule has 0 spiro atoms. The normalized spacial score (nSPS) is 20.2. The standard InChI is InChI=1S/C26H32FN7O3/c1-16(2)31-25(3,4)17-5-7-18(8-6-17)30-22-21-19(9-13-29-23(21)35)34(32-22)26(10-12-28)11-14-33(24(36)37)15-20(26)27/h5-9,13,16,20,31H,10-11,14-15H2,1-4H3,(H,29,35)(H,30,32)(H,36,37)/t20-,26+/m1/s1. The molecule has 1 saturated heterocycles. The Morgan fingerprint density at radius 1 is 1.35 bits per heavy atom. The summed E-state index contributed by atoms with van der Waals surface area (Å²) in [5.74, 6) is 0.231. The van der Waals surface area contributed by atoms with Crippen molar-refractivity contribution in [1.82, 2.24) is 25.0 Å². The highest BCUT2D eigenvalue weighted by Gasteiger charge is 2.48. The molecule has 0 aliphatic carbocycles. The van der Waals surface area contributed by atoms with E-state index in [2.05, 4.69) is 48.4 Å². The van der Waals surface area contributed by atoms with Gasteiger partial charge < -0.3 is 25.6 Å². The molecule has 1 aliphatic rings. The Labute approximate surface area is 214 Å². The summed E-state index contributed by atoms with van der Waals surface area (Å²) >= 11 is 0. The van der Waals surface area contributed by atoms with Gasteiger partial charge in [0.15, 0.2) is 5.82 Å². The van der Waals surface area contributed by atoms with Crippen LogP contribution in [-0.2, 0) is 11.1 Å². The van der Waals surface area contributed by atoms with E-state index in [9.17, 15) is 20.0 Å². The largest absolute Gasteiger partial charge is 0.465 e.